The van der Waals surface area contributed by atoms with Crippen LogP contribution >= 0.6 is 11.6 Å². The number of benzene rings is 2. The number of aromatic nitrogens is 4. The summed E-state index contributed by atoms with van der Waals surface area (Å²) in [4.78, 5) is 37.7. The van der Waals surface area contributed by atoms with Gasteiger partial charge < -0.3 is 19.5 Å². The van der Waals surface area contributed by atoms with Crippen molar-refractivity contribution in [3.8, 4) is 22.6 Å². The fourth-order valence-electron chi connectivity index (χ4n) is 5.18. The van der Waals surface area contributed by atoms with Crippen molar-refractivity contribution in [2.75, 3.05) is 25.0 Å². The van der Waals surface area contributed by atoms with E-state index >= 15 is 0 Å². The van der Waals surface area contributed by atoms with Crippen molar-refractivity contribution < 1.29 is 14.0 Å². The van der Waals surface area contributed by atoms with E-state index in [1.54, 1.807) is 23.4 Å². The van der Waals surface area contributed by atoms with Crippen LogP contribution < -0.4 is 5.32 Å². The Morgan fingerprint density at radius 1 is 1.00 bits per heavy atom. The number of carbonyl (C=O) groups is 2. The van der Waals surface area contributed by atoms with Crippen LogP contribution in [0.1, 0.15) is 24.3 Å². The van der Waals surface area contributed by atoms with Crippen LogP contribution in [0.15, 0.2) is 65.6 Å². The molecular formula is C28H26ClN7O3. The number of para-hydroxylation sites is 1. The van der Waals surface area contributed by atoms with Gasteiger partial charge in [-0.3, -0.25) is 4.79 Å². The van der Waals surface area contributed by atoms with Gasteiger partial charge >= 0.3 is 6.03 Å². The maximum absolute atomic E-state index is 13.0. The third-order valence-electron chi connectivity index (χ3n) is 7.21. The van der Waals surface area contributed by atoms with Crippen LogP contribution in [0.2, 0.25) is 5.02 Å². The first-order chi connectivity index (χ1) is 19.0. The van der Waals surface area contributed by atoms with Gasteiger partial charge in [0.25, 0.3) is 0 Å². The Morgan fingerprint density at radius 2 is 1.77 bits per heavy atom. The lowest BCUT2D eigenvalue weighted by molar-refractivity contribution is -0.132. The van der Waals surface area contributed by atoms with Gasteiger partial charge in [-0.05, 0) is 54.7 Å². The summed E-state index contributed by atoms with van der Waals surface area (Å²) >= 11 is 6.33. The molecule has 0 spiro atoms. The molecule has 1 N–H and O–H groups in total. The van der Waals surface area contributed by atoms with Gasteiger partial charge in [-0.25, -0.2) is 14.8 Å². The summed E-state index contributed by atoms with van der Waals surface area (Å²) in [6.45, 7) is 1.80. The Morgan fingerprint density at radius 3 is 2.59 bits per heavy atom. The summed E-state index contributed by atoms with van der Waals surface area (Å²) in [5.74, 6) is 0.446. The molecule has 2 aliphatic heterocycles. The van der Waals surface area contributed by atoms with Crippen LogP contribution in [-0.4, -0.2) is 67.6 Å². The first-order valence-electron chi connectivity index (χ1n) is 12.9. The molecule has 6 rings (SSSR count). The summed E-state index contributed by atoms with van der Waals surface area (Å²) in [6.07, 6.45) is 7.11. The highest BCUT2D eigenvalue weighted by Gasteiger charge is 2.31. The Kier molecular flexibility index (Phi) is 6.93. The molecule has 39 heavy (non-hydrogen) atoms. The molecular weight excluding hydrogens is 518 g/mol. The standard InChI is InChI=1S/C28H26ClN7O3/c29-22-12-19(21-15-30-17-31-16-21)11-20(13-22)27-34-33-25(39-27)14-26(37)35-8-6-23(7-9-35)36-10-5-18-3-1-2-4-24(18)32-28(36)38/h1-4,11-13,15-17,23H,5-10,14H2,(H,32,38). The van der Waals surface area contributed by atoms with Gasteiger partial charge in [0, 0.05) is 59.9 Å². The quantitative estimate of drug-likeness (QED) is 0.394. The number of carbonyl (C=O) groups excluding carboxylic acids is 2. The Bertz CT molecular complexity index is 1500. The van der Waals surface area contributed by atoms with E-state index in [0.29, 0.717) is 30.2 Å². The zero-order valence-corrected chi connectivity index (χ0v) is 21.8. The van der Waals surface area contributed by atoms with Crippen molar-refractivity contribution in [2.45, 2.75) is 31.7 Å². The van der Waals surface area contributed by atoms with Crippen LogP contribution in [0, 0.1) is 0 Å². The zero-order valence-electron chi connectivity index (χ0n) is 21.1. The summed E-state index contributed by atoms with van der Waals surface area (Å²) in [7, 11) is 0. The highest BCUT2D eigenvalue weighted by molar-refractivity contribution is 6.31. The number of nitrogens with one attached hydrogen (secondary N) is 1. The second kappa shape index (κ2) is 10.8. The number of nitrogens with zero attached hydrogens (tertiary/aromatic N) is 6. The van der Waals surface area contributed by atoms with E-state index in [1.165, 1.54) is 6.33 Å². The number of rotatable bonds is 5. The molecule has 0 saturated carbocycles. The van der Waals surface area contributed by atoms with Crippen LogP contribution in [0.3, 0.4) is 0 Å². The fraction of sp³-hybridized carbons (Fsp3) is 0.286. The minimum Gasteiger partial charge on any atom is -0.420 e. The maximum atomic E-state index is 13.0. The lowest BCUT2D eigenvalue weighted by Gasteiger charge is -2.37. The lowest BCUT2D eigenvalue weighted by Crippen LogP contribution is -2.50. The smallest absolute Gasteiger partial charge is 0.322 e. The molecule has 10 nitrogen and oxygen atoms in total. The normalized spacial score (nSPS) is 16.0. The number of hydrogen-bond acceptors (Lipinski definition) is 7. The summed E-state index contributed by atoms with van der Waals surface area (Å²) < 4.78 is 5.83. The molecule has 0 bridgehead atoms. The first kappa shape index (κ1) is 25.0. The molecule has 0 unspecified atom stereocenters. The molecule has 4 heterocycles. The topological polar surface area (TPSA) is 117 Å². The van der Waals surface area contributed by atoms with Crippen molar-refractivity contribution in [2.24, 2.45) is 0 Å². The third kappa shape index (κ3) is 5.46. The molecule has 1 saturated heterocycles. The number of anilines is 1. The molecule has 11 heteroatoms. The van der Waals surface area contributed by atoms with Crippen LogP contribution in [-0.2, 0) is 17.6 Å². The van der Waals surface area contributed by atoms with Gasteiger partial charge in [0.1, 0.15) is 12.7 Å². The van der Waals surface area contributed by atoms with E-state index < -0.39 is 0 Å². The summed E-state index contributed by atoms with van der Waals surface area (Å²) in [6, 6.07) is 13.3. The number of piperidine rings is 1. The third-order valence-corrected chi connectivity index (χ3v) is 7.43. The number of fused-ring (bicyclic) bond motifs is 1. The van der Waals surface area contributed by atoms with E-state index in [4.69, 9.17) is 16.0 Å². The SMILES string of the molecule is O=C(Cc1nnc(-c2cc(Cl)cc(-c3cncnc3)c2)o1)N1CCC(N2CCc3ccccc3NC2=O)CC1. The molecule has 2 aromatic carbocycles. The first-order valence-corrected chi connectivity index (χ1v) is 13.2. The van der Waals surface area contributed by atoms with Gasteiger partial charge in [-0.15, -0.1) is 10.2 Å². The molecule has 0 aliphatic carbocycles. The second-order valence-corrected chi connectivity index (χ2v) is 10.1. The van der Waals surface area contributed by atoms with Crippen molar-refractivity contribution >= 4 is 29.2 Å². The van der Waals surface area contributed by atoms with Crippen LogP contribution in [0.4, 0.5) is 10.5 Å². The second-order valence-electron chi connectivity index (χ2n) is 9.68. The van der Waals surface area contributed by atoms with Gasteiger partial charge in [0.05, 0.1) is 0 Å². The predicted octanol–water partition coefficient (Wildman–Crippen LogP) is 4.47. The minimum atomic E-state index is -0.0791. The van der Waals surface area contributed by atoms with Crippen molar-refractivity contribution in [3.05, 3.63) is 77.7 Å². The average Bonchev–Trinajstić information content (AvgIpc) is 3.35. The van der Waals surface area contributed by atoms with E-state index in [0.717, 1.165) is 41.6 Å². The number of likely N-dealkylation sites (tertiary alicyclic amines) is 1. The molecule has 0 atom stereocenters. The molecule has 0 radical (unpaired) electrons. The molecule has 2 aliphatic rings. The molecule has 198 valence electrons. The van der Waals surface area contributed by atoms with E-state index in [2.05, 4.69) is 25.5 Å². The van der Waals surface area contributed by atoms with Crippen molar-refractivity contribution in [1.82, 2.24) is 30.0 Å². The number of amides is 3. The van der Waals surface area contributed by atoms with Crippen molar-refractivity contribution in [1.29, 1.82) is 0 Å². The highest BCUT2D eigenvalue weighted by atomic mass is 35.5. The fourth-order valence-corrected chi connectivity index (χ4v) is 5.41. The number of halogens is 1. The van der Waals surface area contributed by atoms with Crippen LogP contribution in [0.25, 0.3) is 22.6 Å². The van der Waals surface area contributed by atoms with Gasteiger partial charge in [0.2, 0.25) is 17.7 Å². The monoisotopic (exact) mass is 543 g/mol. The Labute approximate surface area is 230 Å². The minimum absolute atomic E-state index is 0.0110. The van der Waals surface area contributed by atoms with E-state index in [-0.39, 0.29) is 36.2 Å². The highest BCUT2D eigenvalue weighted by Crippen LogP contribution is 2.30. The van der Waals surface area contributed by atoms with Gasteiger partial charge in [-0.2, -0.15) is 0 Å². The summed E-state index contributed by atoms with van der Waals surface area (Å²) in [5, 5.41) is 11.8. The van der Waals surface area contributed by atoms with E-state index in [9.17, 15) is 9.59 Å². The zero-order chi connectivity index (χ0) is 26.8. The molecule has 4 aromatic rings. The van der Waals surface area contributed by atoms with Gasteiger partial charge in [-0.1, -0.05) is 29.8 Å². The largest absolute Gasteiger partial charge is 0.420 e. The lowest BCUT2D eigenvalue weighted by atomic mass is 10.0. The maximum Gasteiger partial charge on any atom is 0.322 e. The molecule has 1 fully saturated rings. The van der Waals surface area contributed by atoms with Gasteiger partial charge in [0.15, 0.2) is 0 Å². The van der Waals surface area contributed by atoms with Crippen molar-refractivity contribution in [3.63, 3.8) is 0 Å². The molecule has 2 aromatic heterocycles. The molecule has 3 amide bonds. The number of urea groups is 1. The van der Waals surface area contributed by atoms with Crippen LogP contribution in [0.5, 0.6) is 0 Å². The summed E-state index contributed by atoms with van der Waals surface area (Å²) in [5.41, 5.74) is 4.29. The Hall–Kier alpha value is -4.31. The Balaban J connectivity index is 1.07. The van der Waals surface area contributed by atoms with E-state index in [1.807, 2.05) is 41.3 Å². The number of hydrogen-bond donors (Lipinski definition) is 1. The predicted molar refractivity (Wildman–Crippen MR) is 145 cm³/mol. The average molecular weight is 544 g/mol.